The molecule has 0 bridgehead atoms. The van der Waals surface area contributed by atoms with Crippen molar-refractivity contribution in [2.45, 2.75) is 50.6 Å². The molecule has 1 amide bonds. The summed E-state index contributed by atoms with van der Waals surface area (Å²) < 4.78 is 0. The molecule has 2 heteroatoms. The molecule has 1 aliphatic heterocycles. The third-order valence-corrected chi connectivity index (χ3v) is 5.43. The van der Waals surface area contributed by atoms with Crippen molar-refractivity contribution in [2.75, 3.05) is 0 Å². The summed E-state index contributed by atoms with van der Waals surface area (Å²) in [6.45, 7) is 0.731. The molecule has 1 aliphatic carbocycles. The number of hydrogen-bond donors (Lipinski definition) is 0. The summed E-state index contributed by atoms with van der Waals surface area (Å²) in [5.74, 6) is 0.725. The fourth-order valence-corrected chi connectivity index (χ4v) is 4.31. The van der Waals surface area contributed by atoms with Crippen molar-refractivity contribution in [2.24, 2.45) is 0 Å². The zero-order valence-corrected chi connectivity index (χ0v) is 13.4. The second-order valence-corrected chi connectivity index (χ2v) is 6.82. The number of carbonyl (C=O) groups is 1. The van der Waals surface area contributed by atoms with Crippen LogP contribution < -0.4 is 0 Å². The lowest BCUT2D eigenvalue weighted by molar-refractivity contribution is 0.0578. The van der Waals surface area contributed by atoms with Crippen LogP contribution in [0.4, 0.5) is 0 Å². The molecular weight excluding hydrogens is 282 g/mol. The number of carbonyl (C=O) groups excluding carboxylic acids is 1. The zero-order valence-electron chi connectivity index (χ0n) is 13.4. The molecule has 2 aromatic carbocycles. The summed E-state index contributed by atoms with van der Waals surface area (Å²) in [6.07, 6.45) is 6.16. The Morgan fingerprint density at radius 1 is 0.870 bits per heavy atom. The molecule has 0 N–H and O–H groups in total. The number of hydrogen-bond acceptors (Lipinski definition) is 1. The van der Waals surface area contributed by atoms with Gasteiger partial charge in [-0.15, -0.1) is 0 Å². The summed E-state index contributed by atoms with van der Waals surface area (Å²) in [5.41, 5.74) is 3.43. The van der Waals surface area contributed by atoms with Gasteiger partial charge in [0, 0.05) is 24.1 Å². The Labute approximate surface area is 138 Å². The van der Waals surface area contributed by atoms with E-state index in [4.69, 9.17) is 0 Å². The van der Waals surface area contributed by atoms with E-state index >= 15 is 0 Å². The maximum Gasteiger partial charge on any atom is 0.254 e. The summed E-state index contributed by atoms with van der Waals surface area (Å²) in [5, 5.41) is 0. The quantitative estimate of drug-likeness (QED) is 0.783. The van der Waals surface area contributed by atoms with Crippen LogP contribution in [0.2, 0.25) is 0 Å². The third-order valence-electron chi connectivity index (χ3n) is 5.43. The van der Waals surface area contributed by atoms with E-state index in [0.717, 1.165) is 18.5 Å². The Bertz CT molecular complexity index is 694. The first-order chi connectivity index (χ1) is 11.3. The predicted molar refractivity (Wildman–Crippen MR) is 92.4 cm³/mol. The number of fused-ring (bicyclic) bond motifs is 3. The molecule has 2 nitrogen and oxygen atoms in total. The van der Waals surface area contributed by atoms with Crippen molar-refractivity contribution in [3.63, 3.8) is 0 Å². The minimum atomic E-state index is 0.215. The van der Waals surface area contributed by atoms with Crippen LogP contribution in [0.15, 0.2) is 54.6 Å². The van der Waals surface area contributed by atoms with Gasteiger partial charge in [0.25, 0.3) is 5.91 Å². The molecule has 2 aromatic rings. The van der Waals surface area contributed by atoms with Crippen LogP contribution in [0.5, 0.6) is 0 Å². The Morgan fingerprint density at radius 2 is 1.61 bits per heavy atom. The molecule has 23 heavy (non-hydrogen) atoms. The second kappa shape index (κ2) is 6.19. The number of nitrogens with zero attached hydrogens (tertiary/aromatic N) is 1. The van der Waals surface area contributed by atoms with E-state index in [9.17, 15) is 4.79 Å². The van der Waals surface area contributed by atoms with Crippen molar-refractivity contribution >= 4 is 5.91 Å². The van der Waals surface area contributed by atoms with Gasteiger partial charge < -0.3 is 4.90 Å². The highest BCUT2D eigenvalue weighted by molar-refractivity contribution is 5.97. The highest BCUT2D eigenvalue weighted by atomic mass is 16.2. The van der Waals surface area contributed by atoms with Gasteiger partial charge in [0.2, 0.25) is 0 Å². The van der Waals surface area contributed by atoms with Crippen molar-refractivity contribution in [1.29, 1.82) is 0 Å². The summed E-state index contributed by atoms with van der Waals surface area (Å²) >= 11 is 0. The van der Waals surface area contributed by atoms with Gasteiger partial charge in [-0.2, -0.15) is 0 Å². The molecule has 0 unspecified atom stereocenters. The normalized spacial score (nSPS) is 23.8. The van der Waals surface area contributed by atoms with Gasteiger partial charge in [0.1, 0.15) is 0 Å². The Morgan fingerprint density at radius 3 is 2.48 bits per heavy atom. The highest BCUT2D eigenvalue weighted by Gasteiger charge is 2.39. The molecule has 2 atom stereocenters. The predicted octanol–water partition coefficient (Wildman–Crippen LogP) is 4.76. The van der Waals surface area contributed by atoms with E-state index in [-0.39, 0.29) is 5.91 Å². The molecular formula is C21H23NO. The van der Waals surface area contributed by atoms with Crippen molar-refractivity contribution in [3.8, 4) is 0 Å². The molecule has 4 rings (SSSR count). The first kappa shape index (κ1) is 14.5. The van der Waals surface area contributed by atoms with Crippen LogP contribution in [0, 0.1) is 0 Å². The average molecular weight is 305 g/mol. The molecule has 1 heterocycles. The monoisotopic (exact) mass is 305 g/mol. The van der Waals surface area contributed by atoms with E-state index in [2.05, 4.69) is 41.3 Å². The summed E-state index contributed by atoms with van der Waals surface area (Å²) in [7, 11) is 0. The fraction of sp³-hybridized carbons (Fsp3) is 0.381. The Kier molecular flexibility index (Phi) is 3.90. The largest absolute Gasteiger partial charge is 0.331 e. The standard InChI is InChI=1S/C21H23NO/c23-21-19-13-8-7-11-17(19)18-12-5-2-6-14-20(18)22(21)15-16-9-3-1-4-10-16/h1,3-4,7-11,13,18,20H,2,5-6,12,14-15H2/t18-,20-/m1/s1. The highest BCUT2D eigenvalue weighted by Crippen LogP contribution is 2.41. The van der Waals surface area contributed by atoms with Gasteiger partial charge in [-0.25, -0.2) is 0 Å². The van der Waals surface area contributed by atoms with E-state index in [1.54, 1.807) is 0 Å². The minimum Gasteiger partial charge on any atom is -0.331 e. The van der Waals surface area contributed by atoms with Crippen molar-refractivity contribution in [3.05, 3.63) is 71.3 Å². The van der Waals surface area contributed by atoms with Gasteiger partial charge in [0.15, 0.2) is 0 Å². The lowest BCUT2D eigenvalue weighted by Crippen LogP contribution is -2.47. The Hall–Kier alpha value is -2.09. The zero-order chi connectivity index (χ0) is 15.6. The fourth-order valence-electron chi connectivity index (χ4n) is 4.31. The van der Waals surface area contributed by atoms with Crippen LogP contribution in [-0.4, -0.2) is 16.8 Å². The molecule has 0 spiro atoms. The molecule has 0 aromatic heterocycles. The summed E-state index contributed by atoms with van der Waals surface area (Å²) in [6, 6.07) is 19.0. The van der Waals surface area contributed by atoms with Gasteiger partial charge in [0.05, 0.1) is 0 Å². The van der Waals surface area contributed by atoms with Crippen LogP contribution >= 0.6 is 0 Å². The molecule has 0 radical (unpaired) electrons. The maximum atomic E-state index is 13.1. The van der Waals surface area contributed by atoms with Gasteiger partial charge in [-0.1, -0.05) is 67.8 Å². The molecule has 118 valence electrons. The molecule has 2 aliphatic rings. The van der Waals surface area contributed by atoms with Gasteiger partial charge in [-0.05, 0) is 30.0 Å². The van der Waals surface area contributed by atoms with E-state index in [1.165, 1.54) is 36.8 Å². The Balaban J connectivity index is 1.74. The smallest absolute Gasteiger partial charge is 0.254 e. The van der Waals surface area contributed by atoms with Gasteiger partial charge >= 0.3 is 0 Å². The van der Waals surface area contributed by atoms with Crippen LogP contribution in [0.1, 0.15) is 59.5 Å². The summed E-state index contributed by atoms with van der Waals surface area (Å²) in [4.78, 5) is 15.3. The van der Waals surface area contributed by atoms with Crippen molar-refractivity contribution < 1.29 is 4.79 Å². The molecule has 0 saturated heterocycles. The van der Waals surface area contributed by atoms with Gasteiger partial charge in [-0.3, -0.25) is 4.79 Å². The first-order valence-corrected chi connectivity index (χ1v) is 8.78. The van der Waals surface area contributed by atoms with Crippen LogP contribution in [-0.2, 0) is 6.54 Å². The molecule has 1 saturated carbocycles. The third kappa shape index (κ3) is 2.67. The van der Waals surface area contributed by atoms with E-state index < -0.39 is 0 Å². The second-order valence-electron chi connectivity index (χ2n) is 6.82. The van der Waals surface area contributed by atoms with E-state index in [0.29, 0.717) is 12.0 Å². The first-order valence-electron chi connectivity index (χ1n) is 8.78. The molecule has 1 fully saturated rings. The lowest BCUT2D eigenvalue weighted by Gasteiger charge is -2.42. The topological polar surface area (TPSA) is 20.3 Å². The number of benzene rings is 2. The number of rotatable bonds is 2. The SMILES string of the molecule is O=C1c2ccccc2[C@H]2CCCCC[C@H]2N1Cc1ccccc1. The average Bonchev–Trinajstić information content (AvgIpc) is 2.86. The minimum absolute atomic E-state index is 0.215. The van der Waals surface area contributed by atoms with Crippen LogP contribution in [0.25, 0.3) is 0 Å². The lowest BCUT2D eigenvalue weighted by atomic mass is 9.80. The van der Waals surface area contributed by atoms with Crippen molar-refractivity contribution in [1.82, 2.24) is 4.90 Å². The van der Waals surface area contributed by atoms with E-state index in [1.807, 2.05) is 18.2 Å². The van der Waals surface area contributed by atoms with Crippen LogP contribution in [0.3, 0.4) is 0 Å². The maximum absolute atomic E-state index is 13.1. The number of amides is 1.